The number of carbonyl (C=O) groups excluding carboxylic acids is 1. The van der Waals surface area contributed by atoms with Crippen molar-refractivity contribution in [2.45, 2.75) is 19.0 Å². The average molecular weight is 409 g/mol. The summed E-state index contributed by atoms with van der Waals surface area (Å²) in [4.78, 5) is 14.3. The molecule has 0 radical (unpaired) electrons. The monoisotopic (exact) mass is 409 g/mol. The topological polar surface area (TPSA) is 62.8 Å². The molecule has 1 unspecified atom stereocenters. The first-order valence-corrected chi connectivity index (χ1v) is 9.16. The van der Waals surface area contributed by atoms with Crippen LogP contribution in [0.2, 0.25) is 0 Å². The molecule has 3 rings (SSSR count). The zero-order valence-corrected chi connectivity index (χ0v) is 15.6. The van der Waals surface area contributed by atoms with Crippen LogP contribution in [0.25, 0.3) is 0 Å². The van der Waals surface area contributed by atoms with Crippen molar-refractivity contribution in [2.24, 2.45) is 0 Å². The zero-order valence-electron chi connectivity index (χ0n) is 15.6. The van der Waals surface area contributed by atoms with Gasteiger partial charge in [0.25, 0.3) is 0 Å². The van der Waals surface area contributed by atoms with Gasteiger partial charge in [-0.15, -0.1) is 13.2 Å². The summed E-state index contributed by atoms with van der Waals surface area (Å²) < 4.78 is 46.4. The van der Waals surface area contributed by atoms with Gasteiger partial charge in [-0.25, -0.2) is 4.79 Å². The number of halogens is 3. The van der Waals surface area contributed by atoms with Gasteiger partial charge in [-0.1, -0.05) is 36.4 Å². The molecular weight excluding hydrogens is 387 g/mol. The Balaban J connectivity index is 1.45. The van der Waals surface area contributed by atoms with Crippen LogP contribution < -0.4 is 15.4 Å². The number of carbonyl (C=O) groups is 1. The second kappa shape index (κ2) is 9.62. The molecule has 29 heavy (non-hydrogen) atoms. The van der Waals surface area contributed by atoms with Crippen molar-refractivity contribution < 1.29 is 27.4 Å². The maximum absolute atomic E-state index is 12.3. The Morgan fingerprint density at radius 3 is 2.72 bits per heavy atom. The fourth-order valence-corrected chi connectivity index (χ4v) is 3.04. The number of morpholine rings is 1. The molecule has 2 amide bonds. The average Bonchev–Trinajstić information content (AvgIpc) is 2.66. The molecule has 6 nitrogen and oxygen atoms in total. The molecule has 0 bridgehead atoms. The summed E-state index contributed by atoms with van der Waals surface area (Å²) in [5.74, 6) is -0.400. The Morgan fingerprint density at radius 1 is 1.17 bits per heavy atom. The highest BCUT2D eigenvalue weighted by atomic mass is 19.4. The largest absolute Gasteiger partial charge is 0.573 e. The Hall–Kier alpha value is -2.78. The van der Waals surface area contributed by atoms with E-state index in [1.54, 1.807) is 0 Å². The standard InChI is InChI=1S/C20H22F3N3O3/c21-20(22,23)29-17-8-4-7-16(11-17)25-19(27)24-12-18-14-26(9-10-28-18)13-15-5-2-1-3-6-15/h1-8,11,18H,9-10,12-14H2,(H2,24,25,27). The minimum Gasteiger partial charge on any atom is -0.406 e. The Morgan fingerprint density at radius 2 is 1.97 bits per heavy atom. The Bertz CT molecular complexity index is 802. The van der Waals surface area contributed by atoms with Crippen molar-refractivity contribution >= 4 is 11.7 Å². The number of alkyl halides is 3. The number of ether oxygens (including phenoxy) is 2. The quantitative estimate of drug-likeness (QED) is 0.765. The van der Waals surface area contributed by atoms with E-state index in [0.29, 0.717) is 13.2 Å². The molecule has 156 valence electrons. The fourth-order valence-electron chi connectivity index (χ4n) is 3.04. The summed E-state index contributed by atoms with van der Waals surface area (Å²) in [7, 11) is 0. The Kier molecular flexibility index (Phi) is 6.95. The Labute approximate surface area is 166 Å². The van der Waals surface area contributed by atoms with Gasteiger partial charge < -0.3 is 20.1 Å². The SMILES string of the molecule is O=C(NCC1CN(Cc2ccccc2)CCO1)Nc1cccc(OC(F)(F)F)c1. The van der Waals surface area contributed by atoms with E-state index in [4.69, 9.17) is 4.74 Å². The van der Waals surface area contributed by atoms with E-state index < -0.39 is 18.1 Å². The third-order valence-electron chi connectivity index (χ3n) is 4.29. The molecule has 1 fully saturated rings. The lowest BCUT2D eigenvalue weighted by Crippen LogP contribution is -2.47. The minimum absolute atomic E-state index is 0.168. The number of hydrogen-bond acceptors (Lipinski definition) is 4. The van der Waals surface area contributed by atoms with E-state index in [1.807, 2.05) is 18.2 Å². The van der Waals surface area contributed by atoms with Crippen LogP contribution in [0.1, 0.15) is 5.56 Å². The molecule has 2 aromatic carbocycles. The lowest BCUT2D eigenvalue weighted by molar-refractivity contribution is -0.274. The van der Waals surface area contributed by atoms with E-state index in [9.17, 15) is 18.0 Å². The molecule has 9 heteroatoms. The van der Waals surface area contributed by atoms with Gasteiger partial charge in [-0.3, -0.25) is 4.90 Å². The molecular formula is C20H22F3N3O3. The van der Waals surface area contributed by atoms with Crippen LogP contribution in [0.15, 0.2) is 54.6 Å². The molecule has 1 heterocycles. The van der Waals surface area contributed by atoms with E-state index in [2.05, 4.69) is 32.4 Å². The van der Waals surface area contributed by atoms with Gasteiger partial charge in [-0.2, -0.15) is 0 Å². The first-order chi connectivity index (χ1) is 13.9. The van der Waals surface area contributed by atoms with Gasteiger partial charge in [0.05, 0.1) is 12.7 Å². The highest BCUT2D eigenvalue weighted by Gasteiger charge is 2.31. The molecule has 2 N–H and O–H groups in total. The van der Waals surface area contributed by atoms with Crippen molar-refractivity contribution in [1.82, 2.24) is 10.2 Å². The highest BCUT2D eigenvalue weighted by molar-refractivity contribution is 5.89. The molecule has 0 aliphatic carbocycles. The van der Waals surface area contributed by atoms with Gasteiger partial charge in [0, 0.05) is 37.9 Å². The molecule has 0 saturated carbocycles. The van der Waals surface area contributed by atoms with Crippen LogP contribution in [0.4, 0.5) is 23.7 Å². The number of nitrogens with zero attached hydrogens (tertiary/aromatic N) is 1. The van der Waals surface area contributed by atoms with E-state index >= 15 is 0 Å². The van der Waals surface area contributed by atoms with Gasteiger partial charge in [0.1, 0.15) is 5.75 Å². The molecule has 1 aliphatic heterocycles. The first-order valence-electron chi connectivity index (χ1n) is 9.16. The summed E-state index contributed by atoms with van der Waals surface area (Å²) in [6.45, 7) is 3.14. The molecule has 1 atom stereocenters. The normalized spacial score (nSPS) is 17.6. The van der Waals surface area contributed by atoms with Crippen LogP contribution in [-0.2, 0) is 11.3 Å². The third-order valence-corrected chi connectivity index (χ3v) is 4.29. The van der Waals surface area contributed by atoms with Crippen LogP contribution >= 0.6 is 0 Å². The van der Waals surface area contributed by atoms with Crippen molar-refractivity contribution in [2.75, 3.05) is 31.6 Å². The number of nitrogens with one attached hydrogen (secondary N) is 2. The van der Waals surface area contributed by atoms with Gasteiger partial charge in [-0.05, 0) is 17.7 Å². The zero-order chi connectivity index (χ0) is 20.7. The second-order valence-electron chi connectivity index (χ2n) is 6.62. The second-order valence-corrected chi connectivity index (χ2v) is 6.62. The van der Waals surface area contributed by atoms with Gasteiger partial charge in [0.15, 0.2) is 0 Å². The number of benzene rings is 2. The van der Waals surface area contributed by atoms with Crippen molar-refractivity contribution in [3.8, 4) is 5.75 Å². The number of anilines is 1. The van der Waals surface area contributed by atoms with E-state index in [0.717, 1.165) is 25.2 Å². The predicted octanol–water partition coefficient (Wildman–Crippen LogP) is 3.61. The lowest BCUT2D eigenvalue weighted by Gasteiger charge is -2.33. The highest BCUT2D eigenvalue weighted by Crippen LogP contribution is 2.25. The van der Waals surface area contributed by atoms with Crippen LogP contribution in [-0.4, -0.2) is 49.6 Å². The van der Waals surface area contributed by atoms with E-state index in [-0.39, 0.29) is 18.3 Å². The van der Waals surface area contributed by atoms with E-state index in [1.165, 1.54) is 17.7 Å². The van der Waals surface area contributed by atoms with Crippen molar-refractivity contribution in [1.29, 1.82) is 0 Å². The summed E-state index contributed by atoms with van der Waals surface area (Å²) >= 11 is 0. The van der Waals surface area contributed by atoms with Gasteiger partial charge in [0.2, 0.25) is 0 Å². The molecule has 1 saturated heterocycles. The minimum atomic E-state index is -4.79. The summed E-state index contributed by atoms with van der Waals surface area (Å²) in [5.41, 5.74) is 1.40. The van der Waals surface area contributed by atoms with Crippen LogP contribution in [0, 0.1) is 0 Å². The van der Waals surface area contributed by atoms with Crippen molar-refractivity contribution in [3.05, 3.63) is 60.2 Å². The third kappa shape index (κ3) is 7.28. The first kappa shape index (κ1) is 20.9. The number of urea groups is 1. The fraction of sp³-hybridized carbons (Fsp3) is 0.350. The maximum Gasteiger partial charge on any atom is 0.573 e. The predicted molar refractivity (Wildman–Crippen MR) is 102 cm³/mol. The summed E-state index contributed by atoms with van der Waals surface area (Å²) in [6.07, 6.45) is -4.96. The molecule has 0 aromatic heterocycles. The summed E-state index contributed by atoms with van der Waals surface area (Å²) in [5, 5.41) is 5.18. The van der Waals surface area contributed by atoms with Crippen LogP contribution in [0.3, 0.4) is 0 Å². The number of amides is 2. The maximum atomic E-state index is 12.3. The van der Waals surface area contributed by atoms with Crippen molar-refractivity contribution in [3.63, 3.8) is 0 Å². The molecule has 2 aromatic rings. The lowest BCUT2D eigenvalue weighted by atomic mass is 10.2. The number of rotatable bonds is 6. The van der Waals surface area contributed by atoms with Crippen LogP contribution in [0.5, 0.6) is 5.75 Å². The molecule has 1 aliphatic rings. The van der Waals surface area contributed by atoms with Gasteiger partial charge >= 0.3 is 12.4 Å². The summed E-state index contributed by atoms with van der Waals surface area (Å²) in [6, 6.07) is 14.7. The number of hydrogen-bond donors (Lipinski definition) is 2. The smallest absolute Gasteiger partial charge is 0.406 e. The molecule has 0 spiro atoms.